The fraction of sp³-hybridized carbons (Fsp3) is 0.300. The number of thiophene rings is 1. The molecule has 0 aliphatic rings. The maximum atomic E-state index is 5.55. The van der Waals surface area contributed by atoms with Gasteiger partial charge in [0.25, 0.3) is 0 Å². The van der Waals surface area contributed by atoms with Gasteiger partial charge in [-0.3, -0.25) is 0 Å². The van der Waals surface area contributed by atoms with Crippen molar-refractivity contribution in [1.82, 2.24) is 4.98 Å². The Morgan fingerprint density at radius 2 is 2.38 bits per heavy atom. The molecule has 68 valence electrons. The Morgan fingerprint density at radius 1 is 1.54 bits per heavy atom. The quantitative estimate of drug-likeness (QED) is 0.731. The zero-order valence-electron chi connectivity index (χ0n) is 7.70. The standard InChI is InChI=1S/C10H11NOS/c1-3-8-7(2)12-10(11-8)9-5-4-6-13-9/h4-6H,3H2,1-2H3. The van der Waals surface area contributed by atoms with Crippen molar-refractivity contribution in [2.45, 2.75) is 20.3 Å². The molecular formula is C10H11NOS. The Hall–Kier alpha value is -1.09. The molecule has 2 heterocycles. The van der Waals surface area contributed by atoms with Crippen LogP contribution in [0.1, 0.15) is 18.4 Å². The molecule has 0 saturated carbocycles. The SMILES string of the molecule is CCc1nc(-c2cccs2)oc1C. The third-order valence-corrected chi connectivity index (χ3v) is 2.82. The molecule has 2 aromatic heterocycles. The summed E-state index contributed by atoms with van der Waals surface area (Å²) in [5, 5.41) is 2.03. The fourth-order valence-corrected chi connectivity index (χ4v) is 1.91. The van der Waals surface area contributed by atoms with Gasteiger partial charge in [0.05, 0.1) is 10.6 Å². The summed E-state index contributed by atoms with van der Waals surface area (Å²) in [5.41, 5.74) is 1.06. The van der Waals surface area contributed by atoms with Crippen LogP contribution in [0.5, 0.6) is 0 Å². The molecule has 0 N–H and O–H groups in total. The summed E-state index contributed by atoms with van der Waals surface area (Å²) in [7, 11) is 0. The van der Waals surface area contributed by atoms with Crippen molar-refractivity contribution in [2.24, 2.45) is 0 Å². The van der Waals surface area contributed by atoms with E-state index in [1.165, 1.54) is 0 Å². The highest BCUT2D eigenvalue weighted by Crippen LogP contribution is 2.25. The molecule has 0 spiro atoms. The summed E-state index contributed by atoms with van der Waals surface area (Å²) >= 11 is 1.65. The highest BCUT2D eigenvalue weighted by atomic mass is 32.1. The third-order valence-electron chi connectivity index (χ3n) is 1.96. The number of nitrogens with zero attached hydrogens (tertiary/aromatic N) is 1. The van der Waals surface area contributed by atoms with Gasteiger partial charge in [-0.2, -0.15) is 0 Å². The largest absolute Gasteiger partial charge is 0.440 e. The second-order valence-electron chi connectivity index (χ2n) is 2.85. The second-order valence-corrected chi connectivity index (χ2v) is 3.80. The lowest BCUT2D eigenvalue weighted by atomic mass is 10.3. The van der Waals surface area contributed by atoms with Crippen LogP contribution in [0, 0.1) is 6.92 Å². The van der Waals surface area contributed by atoms with Gasteiger partial charge >= 0.3 is 0 Å². The Kier molecular flexibility index (Phi) is 2.19. The molecule has 0 radical (unpaired) electrons. The van der Waals surface area contributed by atoms with Gasteiger partial charge in [0.15, 0.2) is 0 Å². The van der Waals surface area contributed by atoms with Crippen LogP contribution in [0.3, 0.4) is 0 Å². The summed E-state index contributed by atoms with van der Waals surface area (Å²) in [4.78, 5) is 5.51. The average molecular weight is 193 g/mol. The van der Waals surface area contributed by atoms with Gasteiger partial charge in [0.2, 0.25) is 5.89 Å². The molecule has 0 fully saturated rings. The third kappa shape index (κ3) is 1.52. The van der Waals surface area contributed by atoms with E-state index in [1.807, 2.05) is 24.4 Å². The molecular weight excluding hydrogens is 182 g/mol. The van der Waals surface area contributed by atoms with Gasteiger partial charge < -0.3 is 4.42 Å². The highest BCUT2D eigenvalue weighted by Gasteiger charge is 2.09. The van der Waals surface area contributed by atoms with Crippen LogP contribution in [0.4, 0.5) is 0 Å². The number of rotatable bonds is 2. The van der Waals surface area contributed by atoms with E-state index >= 15 is 0 Å². The predicted molar refractivity (Wildman–Crippen MR) is 53.9 cm³/mol. The minimum Gasteiger partial charge on any atom is -0.440 e. The molecule has 0 saturated heterocycles. The van der Waals surface area contributed by atoms with E-state index < -0.39 is 0 Å². The first-order valence-electron chi connectivity index (χ1n) is 4.31. The van der Waals surface area contributed by atoms with Gasteiger partial charge in [0, 0.05) is 0 Å². The van der Waals surface area contributed by atoms with E-state index in [9.17, 15) is 0 Å². The van der Waals surface area contributed by atoms with E-state index in [4.69, 9.17) is 4.42 Å². The van der Waals surface area contributed by atoms with Crippen molar-refractivity contribution in [3.8, 4) is 10.8 Å². The number of aromatic nitrogens is 1. The summed E-state index contributed by atoms with van der Waals surface area (Å²) in [6.07, 6.45) is 0.931. The molecule has 0 aliphatic carbocycles. The number of aryl methyl sites for hydroxylation is 2. The summed E-state index contributed by atoms with van der Waals surface area (Å²) in [6.45, 7) is 4.05. The van der Waals surface area contributed by atoms with E-state index in [-0.39, 0.29) is 0 Å². The van der Waals surface area contributed by atoms with Crippen molar-refractivity contribution in [3.63, 3.8) is 0 Å². The van der Waals surface area contributed by atoms with Crippen molar-refractivity contribution in [1.29, 1.82) is 0 Å². The maximum absolute atomic E-state index is 5.55. The van der Waals surface area contributed by atoms with Crippen LogP contribution in [0.15, 0.2) is 21.9 Å². The molecule has 2 rings (SSSR count). The van der Waals surface area contributed by atoms with Crippen molar-refractivity contribution in [2.75, 3.05) is 0 Å². The van der Waals surface area contributed by atoms with Crippen molar-refractivity contribution >= 4 is 11.3 Å². The van der Waals surface area contributed by atoms with Gasteiger partial charge in [-0.05, 0) is 24.8 Å². The van der Waals surface area contributed by atoms with Crippen molar-refractivity contribution in [3.05, 3.63) is 29.0 Å². The van der Waals surface area contributed by atoms with E-state index in [1.54, 1.807) is 11.3 Å². The lowest BCUT2D eigenvalue weighted by molar-refractivity contribution is 0.541. The zero-order valence-corrected chi connectivity index (χ0v) is 8.52. The first-order valence-corrected chi connectivity index (χ1v) is 5.19. The summed E-state index contributed by atoms with van der Waals surface area (Å²) in [6, 6.07) is 4.03. The fourth-order valence-electron chi connectivity index (χ4n) is 1.26. The van der Waals surface area contributed by atoms with E-state index in [0.29, 0.717) is 0 Å². The Labute approximate surface area is 81.2 Å². The Morgan fingerprint density at radius 3 is 2.92 bits per heavy atom. The lowest BCUT2D eigenvalue weighted by Gasteiger charge is -1.84. The Bertz CT molecular complexity index is 389. The number of oxazole rings is 1. The van der Waals surface area contributed by atoms with E-state index in [2.05, 4.69) is 11.9 Å². The van der Waals surface area contributed by atoms with Gasteiger partial charge in [0.1, 0.15) is 5.76 Å². The highest BCUT2D eigenvalue weighted by molar-refractivity contribution is 7.13. The smallest absolute Gasteiger partial charge is 0.236 e. The lowest BCUT2D eigenvalue weighted by Crippen LogP contribution is -1.81. The maximum Gasteiger partial charge on any atom is 0.236 e. The van der Waals surface area contributed by atoms with Crippen LogP contribution >= 0.6 is 11.3 Å². The van der Waals surface area contributed by atoms with Crippen LogP contribution in [0.2, 0.25) is 0 Å². The van der Waals surface area contributed by atoms with Crippen LogP contribution in [-0.4, -0.2) is 4.98 Å². The van der Waals surface area contributed by atoms with Crippen LogP contribution < -0.4 is 0 Å². The molecule has 0 aliphatic heterocycles. The molecule has 0 amide bonds. The molecule has 2 aromatic rings. The van der Waals surface area contributed by atoms with E-state index in [0.717, 1.165) is 28.6 Å². The predicted octanol–water partition coefficient (Wildman–Crippen LogP) is 3.27. The molecule has 2 nitrogen and oxygen atoms in total. The monoisotopic (exact) mass is 193 g/mol. The van der Waals surface area contributed by atoms with Gasteiger partial charge in [-0.1, -0.05) is 13.0 Å². The zero-order chi connectivity index (χ0) is 9.26. The van der Waals surface area contributed by atoms with Gasteiger partial charge in [-0.15, -0.1) is 11.3 Å². The minimum atomic E-state index is 0.754. The molecule has 0 unspecified atom stereocenters. The molecule has 3 heteroatoms. The minimum absolute atomic E-state index is 0.754. The topological polar surface area (TPSA) is 26.0 Å². The molecule has 0 atom stereocenters. The molecule has 0 aromatic carbocycles. The second kappa shape index (κ2) is 3.34. The normalized spacial score (nSPS) is 10.6. The molecule has 0 bridgehead atoms. The van der Waals surface area contributed by atoms with Gasteiger partial charge in [-0.25, -0.2) is 4.98 Å². The number of hydrogen-bond acceptors (Lipinski definition) is 3. The summed E-state index contributed by atoms with van der Waals surface area (Å²) in [5.74, 6) is 1.69. The molecule has 13 heavy (non-hydrogen) atoms. The average Bonchev–Trinajstić information content (AvgIpc) is 2.71. The van der Waals surface area contributed by atoms with Crippen LogP contribution in [-0.2, 0) is 6.42 Å². The Balaban J connectivity index is 2.43. The van der Waals surface area contributed by atoms with Crippen LogP contribution in [0.25, 0.3) is 10.8 Å². The van der Waals surface area contributed by atoms with Crippen molar-refractivity contribution < 1.29 is 4.42 Å². The first-order chi connectivity index (χ1) is 6.31. The first kappa shape index (κ1) is 8.51. The summed E-state index contributed by atoms with van der Waals surface area (Å²) < 4.78 is 5.55. The number of hydrogen-bond donors (Lipinski definition) is 0.